The van der Waals surface area contributed by atoms with Crippen LogP contribution in [-0.4, -0.2) is 11.1 Å². The number of carbonyl (C=O) groups excluding carboxylic acids is 1. The van der Waals surface area contributed by atoms with E-state index in [1.54, 1.807) is 0 Å². The van der Waals surface area contributed by atoms with Crippen molar-refractivity contribution in [2.45, 2.75) is 18.3 Å². The van der Waals surface area contributed by atoms with Crippen molar-refractivity contribution in [3.05, 3.63) is 132 Å². The Balaban J connectivity index is 1.59. The molecule has 0 saturated carbocycles. The van der Waals surface area contributed by atoms with Gasteiger partial charge in [-0.1, -0.05) is 78.9 Å². The SMILES string of the molecule is O=C(Nc1ccc(C(F)(F)F)cc1)NC(c1ccccc1)C(NC(=S)Nc1ccccc1)c1ccccc1. The van der Waals surface area contributed by atoms with E-state index in [0.29, 0.717) is 5.11 Å². The number of carbonyl (C=O) groups is 1. The van der Waals surface area contributed by atoms with Crippen LogP contribution in [0.2, 0.25) is 0 Å². The predicted octanol–water partition coefficient (Wildman–Crippen LogP) is 7.30. The number of rotatable bonds is 7. The Morgan fingerprint density at radius 3 is 1.55 bits per heavy atom. The molecule has 0 aliphatic heterocycles. The molecule has 5 nitrogen and oxygen atoms in total. The quantitative estimate of drug-likeness (QED) is 0.188. The smallest absolute Gasteiger partial charge is 0.353 e. The second kappa shape index (κ2) is 12.2. The molecule has 0 fully saturated rings. The van der Waals surface area contributed by atoms with E-state index in [9.17, 15) is 18.0 Å². The molecule has 0 radical (unpaired) electrons. The van der Waals surface area contributed by atoms with Crippen LogP contribution in [-0.2, 0) is 6.18 Å². The summed E-state index contributed by atoms with van der Waals surface area (Å²) < 4.78 is 38.7. The Bertz CT molecular complexity index is 1340. The van der Waals surface area contributed by atoms with Gasteiger partial charge in [-0.3, -0.25) is 0 Å². The van der Waals surface area contributed by atoms with Gasteiger partial charge in [-0.05, 0) is 59.7 Å². The normalized spacial score (nSPS) is 12.6. The van der Waals surface area contributed by atoms with Crippen molar-refractivity contribution in [2.75, 3.05) is 10.6 Å². The van der Waals surface area contributed by atoms with Crippen LogP contribution < -0.4 is 21.3 Å². The maximum atomic E-state index is 13.1. The second-order valence-corrected chi connectivity index (χ2v) is 8.82. The van der Waals surface area contributed by atoms with E-state index in [2.05, 4.69) is 21.3 Å². The summed E-state index contributed by atoms with van der Waals surface area (Å²) in [5, 5.41) is 12.4. The Morgan fingerprint density at radius 2 is 1.05 bits per heavy atom. The molecule has 4 N–H and O–H groups in total. The lowest BCUT2D eigenvalue weighted by Crippen LogP contribution is -2.43. The molecular formula is C29H25F3N4OS. The maximum absolute atomic E-state index is 13.1. The molecule has 194 valence electrons. The van der Waals surface area contributed by atoms with Crippen LogP contribution in [0.25, 0.3) is 0 Å². The summed E-state index contributed by atoms with van der Waals surface area (Å²) in [7, 11) is 0. The zero-order chi connectivity index (χ0) is 27.0. The van der Waals surface area contributed by atoms with Crippen molar-refractivity contribution in [1.29, 1.82) is 0 Å². The third kappa shape index (κ3) is 7.33. The van der Waals surface area contributed by atoms with Gasteiger partial charge in [0.1, 0.15) is 0 Å². The number of para-hydroxylation sites is 1. The zero-order valence-corrected chi connectivity index (χ0v) is 20.9. The number of urea groups is 1. The summed E-state index contributed by atoms with van der Waals surface area (Å²) in [6.07, 6.45) is -4.46. The number of hydrogen-bond donors (Lipinski definition) is 4. The summed E-state index contributed by atoms with van der Waals surface area (Å²) in [6.45, 7) is 0. The summed E-state index contributed by atoms with van der Waals surface area (Å²) in [5.41, 5.74) is 1.92. The van der Waals surface area contributed by atoms with E-state index in [0.717, 1.165) is 28.9 Å². The highest BCUT2D eigenvalue weighted by Gasteiger charge is 2.30. The lowest BCUT2D eigenvalue weighted by Gasteiger charge is -2.31. The van der Waals surface area contributed by atoms with Crippen LogP contribution in [0.15, 0.2) is 115 Å². The van der Waals surface area contributed by atoms with Crippen LogP contribution in [0, 0.1) is 0 Å². The van der Waals surface area contributed by atoms with Crippen LogP contribution in [0.5, 0.6) is 0 Å². The van der Waals surface area contributed by atoms with E-state index in [1.165, 1.54) is 12.1 Å². The van der Waals surface area contributed by atoms with Gasteiger partial charge in [0.2, 0.25) is 0 Å². The fraction of sp³-hybridized carbons (Fsp3) is 0.103. The predicted molar refractivity (Wildman–Crippen MR) is 148 cm³/mol. The van der Waals surface area contributed by atoms with Gasteiger partial charge in [-0.15, -0.1) is 0 Å². The van der Waals surface area contributed by atoms with E-state index < -0.39 is 29.9 Å². The standard InChI is InChI=1S/C29H25F3N4OS/c30-29(31,32)22-16-18-24(19-17-22)33-27(37)35-25(20-10-4-1-5-11-20)26(21-12-6-2-7-13-21)36-28(38)34-23-14-8-3-9-15-23/h1-19,25-26H,(H2,33,35,37)(H2,34,36,38). The van der Waals surface area contributed by atoms with Crippen LogP contribution in [0.1, 0.15) is 28.8 Å². The lowest BCUT2D eigenvalue weighted by molar-refractivity contribution is -0.137. The van der Waals surface area contributed by atoms with Gasteiger partial charge in [0.15, 0.2) is 5.11 Å². The van der Waals surface area contributed by atoms with E-state index in [-0.39, 0.29) is 5.69 Å². The van der Waals surface area contributed by atoms with Crippen molar-refractivity contribution < 1.29 is 18.0 Å². The van der Waals surface area contributed by atoms with Crippen molar-refractivity contribution in [3.8, 4) is 0 Å². The second-order valence-electron chi connectivity index (χ2n) is 8.41. The summed E-state index contributed by atoms with van der Waals surface area (Å²) in [4.78, 5) is 13.1. The molecule has 0 aliphatic rings. The molecule has 4 rings (SSSR count). The van der Waals surface area contributed by atoms with Crippen molar-refractivity contribution in [3.63, 3.8) is 0 Å². The molecule has 0 spiro atoms. The molecule has 0 heterocycles. The molecule has 4 aromatic rings. The highest BCUT2D eigenvalue weighted by molar-refractivity contribution is 7.80. The monoisotopic (exact) mass is 534 g/mol. The molecule has 2 unspecified atom stereocenters. The minimum absolute atomic E-state index is 0.229. The highest BCUT2D eigenvalue weighted by atomic mass is 32.1. The fourth-order valence-electron chi connectivity index (χ4n) is 3.92. The van der Waals surface area contributed by atoms with Crippen LogP contribution in [0.4, 0.5) is 29.3 Å². The van der Waals surface area contributed by atoms with Gasteiger partial charge in [0.25, 0.3) is 0 Å². The number of alkyl halides is 3. The Kier molecular flexibility index (Phi) is 8.60. The number of halogens is 3. The average Bonchev–Trinajstić information content (AvgIpc) is 2.92. The maximum Gasteiger partial charge on any atom is 0.416 e. The van der Waals surface area contributed by atoms with Crippen molar-refractivity contribution >= 4 is 34.7 Å². The van der Waals surface area contributed by atoms with Gasteiger partial charge in [-0.25, -0.2) is 4.79 Å². The summed E-state index contributed by atoms with van der Waals surface area (Å²) in [6, 6.07) is 30.9. The zero-order valence-electron chi connectivity index (χ0n) is 20.1. The van der Waals surface area contributed by atoms with Gasteiger partial charge in [0.05, 0.1) is 17.6 Å². The van der Waals surface area contributed by atoms with Gasteiger partial charge in [-0.2, -0.15) is 13.2 Å². The first-order chi connectivity index (χ1) is 18.3. The number of nitrogens with one attached hydrogen (secondary N) is 4. The minimum atomic E-state index is -4.46. The van der Waals surface area contributed by atoms with Gasteiger partial charge in [0, 0.05) is 11.4 Å². The number of benzene rings is 4. The minimum Gasteiger partial charge on any atom is -0.353 e. The van der Waals surface area contributed by atoms with E-state index in [4.69, 9.17) is 12.2 Å². The Morgan fingerprint density at radius 1 is 0.605 bits per heavy atom. The van der Waals surface area contributed by atoms with Gasteiger partial charge >= 0.3 is 12.2 Å². The highest BCUT2D eigenvalue weighted by Crippen LogP contribution is 2.31. The number of anilines is 2. The molecule has 2 amide bonds. The Hall–Kier alpha value is -4.37. The first-order valence-corrected chi connectivity index (χ1v) is 12.2. The van der Waals surface area contributed by atoms with Crippen molar-refractivity contribution in [2.24, 2.45) is 0 Å². The summed E-state index contributed by atoms with van der Waals surface area (Å²) in [5.74, 6) is 0. The first-order valence-electron chi connectivity index (χ1n) is 11.8. The topological polar surface area (TPSA) is 65.2 Å². The lowest BCUT2D eigenvalue weighted by atomic mass is 9.93. The Labute approximate surface area is 224 Å². The molecule has 0 aliphatic carbocycles. The van der Waals surface area contributed by atoms with Crippen LogP contribution >= 0.6 is 12.2 Å². The third-order valence-electron chi connectivity index (χ3n) is 5.73. The average molecular weight is 535 g/mol. The van der Waals surface area contributed by atoms with Crippen molar-refractivity contribution in [1.82, 2.24) is 10.6 Å². The van der Waals surface area contributed by atoms with Gasteiger partial charge < -0.3 is 21.3 Å². The molecule has 9 heteroatoms. The fourth-order valence-corrected chi connectivity index (χ4v) is 4.16. The molecular weight excluding hydrogens is 509 g/mol. The molecule has 38 heavy (non-hydrogen) atoms. The first kappa shape index (κ1) is 26.7. The largest absolute Gasteiger partial charge is 0.416 e. The number of hydrogen-bond acceptors (Lipinski definition) is 2. The molecule has 0 bridgehead atoms. The number of thiocarbonyl (C=S) groups is 1. The van der Waals surface area contributed by atoms with E-state index >= 15 is 0 Å². The van der Waals surface area contributed by atoms with E-state index in [1.807, 2.05) is 91.0 Å². The molecule has 4 aromatic carbocycles. The summed E-state index contributed by atoms with van der Waals surface area (Å²) >= 11 is 5.60. The van der Waals surface area contributed by atoms with Crippen LogP contribution in [0.3, 0.4) is 0 Å². The molecule has 0 saturated heterocycles. The molecule has 0 aromatic heterocycles. The molecule has 2 atom stereocenters. The number of amides is 2. The third-order valence-corrected chi connectivity index (χ3v) is 5.95.